The molecule has 9 heteroatoms. The Kier molecular flexibility index (Phi) is 6.00. The number of hydrogen-bond acceptors (Lipinski definition) is 6. The number of halogens is 1. The molecule has 6 nitrogen and oxygen atoms in total. The van der Waals surface area contributed by atoms with Crippen LogP contribution in [0.15, 0.2) is 71.5 Å². The van der Waals surface area contributed by atoms with Crippen molar-refractivity contribution in [1.29, 1.82) is 0 Å². The van der Waals surface area contributed by atoms with Crippen LogP contribution in [0.5, 0.6) is 0 Å². The van der Waals surface area contributed by atoms with Crippen molar-refractivity contribution in [3.05, 3.63) is 82.6 Å². The molecule has 162 valence electrons. The van der Waals surface area contributed by atoms with E-state index in [-0.39, 0.29) is 23.5 Å². The van der Waals surface area contributed by atoms with Gasteiger partial charge < -0.3 is 5.32 Å². The Hall–Kier alpha value is -3.04. The molecule has 1 N–H and O–H groups in total. The number of carbonyl (C=O) groups excluding carboxylic acids is 1. The van der Waals surface area contributed by atoms with Gasteiger partial charge in [0.2, 0.25) is 5.91 Å². The lowest BCUT2D eigenvalue weighted by Crippen LogP contribution is -2.30. The molecule has 32 heavy (non-hydrogen) atoms. The summed E-state index contributed by atoms with van der Waals surface area (Å²) in [4.78, 5) is 17.9. The molecule has 1 aromatic carbocycles. The number of nitrogens with one attached hydrogen (secondary N) is 1. The molecule has 0 saturated heterocycles. The van der Waals surface area contributed by atoms with E-state index in [1.165, 1.54) is 23.9 Å². The van der Waals surface area contributed by atoms with Crippen molar-refractivity contribution in [2.75, 3.05) is 5.75 Å². The highest BCUT2D eigenvalue weighted by molar-refractivity contribution is 7.99. The number of benzene rings is 1. The van der Waals surface area contributed by atoms with Crippen molar-refractivity contribution in [2.24, 2.45) is 0 Å². The van der Waals surface area contributed by atoms with Gasteiger partial charge in [-0.1, -0.05) is 30.0 Å². The van der Waals surface area contributed by atoms with Crippen LogP contribution in [0.2, 0.25) is 0 Å². The van der Waals surface area contributed by atoms with Crippen molar-refractivity contribution >= 4 is 29.0 Å². The number of nitrogens with zero attached hydrogens (tertiary/aromatic N) is 4. The van der Waals surface area contributed by atoms with Crippen molar-refractivity contribution in [2.45, 2.75) is 30.1 Å². The van der Waals surface area contributed by atoms with Gasteiger partial charge in [0.1, 0.15) is 5.82 Å². The van der Waals surface area contributed by atoms with Gasteiger partial charge in [0.15, 0.2) is 11.0 Å². The van der Waals surface area contributed by atoms with Crippen LogP contribution in [0.25, 0.3) is 11.4 Å². The van der Waals surface area contributed by atoms with Gasteiger partial charge in [-0.3, -0.25) is 14.3 Å². The van der Waals surface area contributed by atoms with E-state index in [0.717, 1.165) is 39.8 Å². The summed E-state index contributed by atoms with van der Waals surface area (Å²) in [7, 11) is 0. The van der Waals surface area contributed by atoms with Crippen molar-refractivity contribution < 1.29 is 9.18 Å². The molecule has 1 atom stereocenters. The van der Waals surface area contributed by atoms with Gasteiger partial charge in [-0.25, -0.2) is 4.39 Å². The smallest absolute Gasteiger partial charge is 0.231 e. The summed E-state index contributed by atoms with van der Waals surface area (Å²) < 4.78 is 15.5. The van der Waals surface area contributed by atoms with Gasteiger partial charge in [-0.15, -0.1) is 21.5 Å². The van der Waals surface area contributed by atoms with E-state index < -0.39 is 0 Å². The second kappa shape index (κ2) is 9.22. The molecule has 1 aliphatic rings. The zero-order chi connectivity index (χ0) is 21.9. The number of hydrogen-bond donors (Lipinski definition) is 1. The van der Waals surface area contributed by atoms with Crippen LogP contribution < -0.4 is 5.32 Å². The summed E-state index contributed by atoms with van der Waals surface area (Å²) in [6.07, 6.45) is 5.64. The normalized spacial score (nSPS) is 14.3. The molecule has 1 aliphatic carbocycles. The first-order valence-corrected chi connectivity index (χ1v) is 12.1. The van der Waals surface area contributed by atoms with E-state index in [1.54, 1.807) is 35.9 Å². The van der Waals surface area contributed by atoms with Crippen molar-refractivity contribution in [1.82, 2.24) is 25.1 Å². The average Bonchev–Trinajstić information content (AvgIpc) is 3.33. The molecule has 1 saturated carbocycles. The first-order valence-electron chi connectivity index (χ1n) is 10.3. The van der Waals surface area contributed by atoms with Crippen LogP contribution in [0, 0.1) is 5.82 Å². The SMILES string of the molecule is O=C(CSc1nnc(-c2ccncc2)n1C1CC1)N[C@H](c1ccc(F)cc1)c1cccs1. The van der Waals surface area contributed by atoms with Gasteiger partial charge in [0.05, 0.1) is 11.8 Å². The second-order valence-electron chi connectivity index (χ2n) is 7.50. The minimum absolute atomic E-state index is 0.117. The molecule has 0 spiro atoms. The molecular weight excluding hydrogens is 445 g/mol. The molecule has 0 radical (unpaired) electrons. The lowest BCUT2D eigenvalue weighted by atomic mass is 10.1. The first-order chi connectivity index (χ1) is 15.7. The maximum atomic E-state index is 13.4. The number of carbonyl (C=O) groups is 1. The summed E-state index contributed by atoms with van der Waals surface area (Å²) in [6.45, 7) is 0. The molecule has 0 bridgehead atoms. The Balaban J connectivity index is 1.31. The van der Waals surface area contributed by atoms with Crippen molar-refractivity contribution in [3.8, 4) is 11.4 Å². The second-order valence-corrected chi connectivity index (χ2v) is 9.42. The van der Waals surface area contributed by atoms with Crippen LogP contribution >= 0.6 is 23.1 Å². The first kappa shape index (κ1) is 20.8. The van der Waals surface area contributed by atoms with Crippen LogP contribution in [0.3, 0.4) is 0 Å². The fourth-order valence-electron chi connectivity index (χ4n) is 3.50. The van der Waals surface area contributed by atoms with E-state index >= 15 is 0 Å². The van der Waals surface area contributed by atoms with Crippen LogP contribution in [0.4, 0.5) is 4.39 Å². The van der Waals surface area contributed by atoms with Gasteiger partial charge in [0, 0.05) is 28.9 Å². The predicted molar refractivity (Wildman–Crippen MR) is 123 cm³/mol. The minimum atomic E-state index is -0.322. The molecule has 1 fully saturated rings. The Morgan fingerprint density at radius 3 is 2.62 bits per heavy atom. The third kappa shape index (κ3) is 4.58. The number of amides is 1. The van der Waals surface area contributed by atoms with E-state index in [4.69, 9.17) is 0 Å². The fraction of sp³-hybridized carbons (Fsp3) is 0.217. The summed E-state index contributed by atoms with van der Waals surface area (Å²) in [5.41, 5.74) is 1.80. The largest absolute Gasteiger partial charge is 0.344 e. The Bertz CT molecular complexity index is 1190. The highest BCUT2D eigenvalue weighted by Gasteiger charge is 2.30. The quantitative estimate of drug-likeness (QED) is 0.376. The van der Waals surface area contributed by atoms with Crippen LogP contribution in [0.1, 0.15) is 35.4 Å². The van der Waals surface area contributed by atoms with Gasteiger partial charge in [-0.05, 0) is 54.1 Å². The molecule has 3 aromatic heterocycles. The standard InChI is InChI=1S/C23H20FN5OS2/c24-17-5-3-15(4-6-17)21(19-2-1-13-31-19)26-20(30)14-32-23-28-27-22(29(23)18-7-8-18)16-9-11-25-12-10-16/h1-6,9-13,18,21H,7-8,14H2,(H,26,30)/t21-/m1/s1. The number of thioether (sulfide) groups is 1. The van der Waals surface area contributed by atoms with Gasteiger partial charge in [-0.2, -0.15) is 0 Å². The minimum Gasteiger partial charge on any atom is -0.344 e. The van der Waals surface area contributed by atoms with E-state index in [2.05, 4.69) is 25.1 Å². The molecule has 0 unspecified atom stereocenters. The van der Waals surface area contributed by atoms with E-state index in [1.807, 2.05) is 29.6 Å². The topological polar surface area (TPSA) is 72.7 Å². The molecule has 3 heterocycles. The number of pyridine rings is 1. The maximum Gasteiger partial charge on any atom is 0.231 e. The number of aromatic nitrogens is 4. The van der Waals surface area contributed by atoms with Gasteiger partial charge in [0.25, 0.3) is 0 Å². The fourth-order valence-corrected chi connectivity index (χ4v) is 5.12. The number of thiophene rings is 1. The summed E-state index contributed by atoms with van der Waals surface area (Å²) in [5.74, 6) is 0.601. The average molecular weight is 466 g/mol. The monoisotopic (exact) mass is 465 g/mol. The summed E-state index contributed by atoms with van der Waals surface area (Å²) in [5, 5.41) is 14.5. The van der Waals surface area contributed by atoms with Gasteiger partial charge >= 0.3 is 0 Å². The molecule has 1 amide bonds. The summed E-state index contributed by atoms with van der Waals surface area (Å²) in [6, 6.07) is 14.0. The third-order valence-electron chi connectivity index (χ3n) is 5.18. The maximum absolute atomic E-state index is 13.4. The molecule has 5 rings (SSSR count). The third-order valence-corrected chi connectivity index (χ3v) is 7.06. The van der Waals surface area contributed by atoms with Crippen LogP contribution in [-0.2, 0) is 4.79 Å². The lowest BCUT2D eigenvalue weighted by molar-refractivity contribution is -0.119. The lowest BCUT2D eigenvalue weighted by Gasteiger charge is -2.18. The predicted octanol–water partition coefficient (Wildman–Crippen LogP) is 4.87. The zero-order valence-corrected chi connectivity index (χ0v) is 18.7. The molecular formula is C23H20FN5OS2. The Labute approximate surface area is 192 Å². The summed E-state index contributed by atoms with van der Waals surface area (Å²) >= 11 is 2.94. The molecule has 4 aromatic rings. The Morgan fingerprint density at radius 1 is 1.16 bits per heavy atom. The van der Waals surface area contributed by atoms with E-state index in [9.17, 15) is 9.18 Å². The number of rotatable bonds is 8. The van der Waals surface area contributed by atoms with Crippen molar-refractivity contribution in [3.63, 3.8) is 0 Å². The molecule has 0 aliphatic heterocycles. The van der Waals surface area contributed by atoms with E-state index in [0.29, 0.717) is 6.04 Å². The highest BCUT2D eigenvalue weighted by Crippen LogP contribution is 2.41. The highest BCUT2D eigenvalue weighted by atomic mass is 32.2. The Morgan fingerprint density at radius 2 is 1.94 bits per heavy atom. The zero-order valence-electron chi connectivity index (χ0n) is 17.0. The van der Waals surface area contributed by atoms with Crippen LogP contribution in [-0.4, -0.2) is 31.4 Å².